The number of carbonyl (C=O) groups is 3. The van der Waals surface area contributed by atoms with Gasteiger partial charge in [-0.05, 0) is 12.0 Å². The first-order chi connectivity index (χ1) is 10.0. The predicted molar refractivity (Wildman–Crippen MR) is 79.2 cm³/mol. The fourth-order valence-electron chi connectivity index (χ4n) is 1.85. The molecule has 1 aromatic rings. The van der Waals surface area contributed by atoms with E-state index in [1.807, 2.05) is 37.3 Å². The third kappa shape index (κ3) is 6.56. The Labute approximate surface area is 124 Å². The third-order valence-electron chi connectivity index (χ3n) is 2.85. The molecule has 0 fully saturated rings. The maximum absolute atomic E-state index is 12.1. The SMILES string of the molecule is CCCC(=O)NC(Cc1ccccc1)C(=O)NCC(N)=O. The van der Waals surface area contributed by atoms with Crippen LogP contribution in [0.5, 0.6) is 0 Å². The molecule has 0 radical (unpaired) electrons. The number of hydrogen-bond acceptors (Lipinski definition) is 3. The molecule has 1 unspecified atom stereocenters. The molecule has 0 bridgehead atoms. The topological polar surface area (TPSA) is 101 Å². The summed E-state index contributed by atoms with van der Waals surface area (Å²) in [5, 5.41) is 5.11. The smallest absolute Gasteiger partial charge is 0.243 e. The molecule has 0 aliphatic rings. The van der Waals surface area contributed by atoms with Gasteiger partial charge in [-0.3, -0.25) is 14.4 Å². The highest BCUT2D eigenvalue weighted by Crippen LogP contribution is 2.04. The molecule has 6 nitrogen and oxygen atoms in total. The minimum absolute atomic E-state index is 0.187. The number of rotatable bonds is 8. The van der Waals surface area contributed by atoms with E-state index in [1.54, 1.807) is 0 Å². The molecule has 0 saturated carbocycles. The van der Waals surface area contributed by atoms with Crippen molar-refractivity contribution in [3.8, 4) is 0 Å². The third-order valence-corrected chi connectivity index (χ3v) is 2.85. The van der Waals surface area contributed by atoms with Crippen LogP contribution in [0.15, 0.2) is 30.3 Å². The van der Waals surface area contributed by atoms with Crippen molar-refractivity contribution in [2.45, 2.75) is 32.2 Å². The van der Waals surface area contributed by atoms with Gasteiger partial charge in [0.05, 0.1) is 6.54 Å². The van der Waals surface area contributed by atoms with E-state index in [9.17, 15) is 14.4 Å². The van der Waals surface area contributed by atoms with Gasteiger partial charge in [0.25, 0.3) is 0 Å². The van der Waals surface area contributed by atoms with Crippen LogP contribution in [0.2, 0.25) is 0 Å². The van der Waals surface area contributed by atoms with E-state index in [-0.39, 0.29) is 12.5 Å². The Morgan fingerprint density at radius 2 is 1.86 bits per heavy atom. The summed E-state index contributed by atoms with van der Waals surface area (Å²) < 4.78 is 0. The molecule has 0 aliphatic carbocycles. The van der Waals surface area contributed by atoms with Crippen molar-refractivity contribution in [2.75, 3.05) is 6.54 Å². The molecular weight excluding hydrogens is 270 g/mol. The molecule has 0 aliphatic heterocycles. The highest BCUT2D eigenvalue weighted by Gasteiger charge is 2.21. The van der Waals surface area contributed by atoms with Gasteiger partial charge in [-0.1, -0.05) is 37.3 Å². The van der Waals surface area contributed by atoms with Crippen molar-refractivity contribution in [1.82, 2.24) is 10.6 Å². The number of nitrogens with two attached hydrogens (primary N) is 1. The average molecular weight is 291 g/mol. The molecule has 1 aromatic carbocycles. The van der Waals surface area contributed by atoms with Crippen LogP contribution >= 0.6 is 0 Å². The highest BCUT2D eigenvalue weighted by molar-refractivity contribution is 5.90. The Morgan fingerprint density at radius 1 is 1.19 bits per heavy atom. The van der Waals surface area contributed by atoms with Crippen LogP contribution in [0.25, 0.3) is 0 Å². The maximum Gasteiger partial charge on any atom is 0.243 e. The zero-order valence-corrected chi connectivity index (χ0v) is 12.1. The first kappa shape index (κ1) is 16.7. The van der Waals surface area contributed by atoms with Crippen molar-refractivity contribution in [3.63, 3.8) is 0 Å². The van der Waals surface area contributed by atoms with Crippen molar-refractivity contribution in [2.24, 2.45) is 5.73 Å². The van der Waals surface area contributed by atoms with Gasteiger partial charge in [0.1, 0.15) is 6.04 Å². The lowest BCUT2D eigenvalue weighted by Crippen LogP contribution is -2.49. The summed E-state index contributed by atoms with van der Waals surface area (Å²) in [6.45, 7) is 1.65. The van der Waals surface area contributed by atoms with E-state index < -0.39 is 17.9 Å². The number of carbonyl (C=O) groups excluding carboxylic acids is 3. The Bertz CT molecular complexity index is 488. The van der Waals surface area contributed by atoms with Crippen LogP contribution < -0.4 is 16.4 Å². The molecule has 114 valence electrons. The summed E-state index contributed by atoms with van der Waals surface area (Å²) in [6.07, 6.45) is 1.42. The highest BCUT2D eigenvalue weighted by atomic mass is 16.2. The monoisotopic (exact) mass is 291 g/mol. The lowest BCUT2D eigenvalue weighted by atomic mass is 10.0. The van der Waals surface area contributed by atoms with Crippen LogP contribution in [0, 0.1) is 0 Å². The summed E-state index contributed by atoms with van der Waals surface area (Å²) in [7, 11) is 0. The van der Waals surface area contributed by atoms with E-state index in [4.69, 9.17) is 5.73 Å². The lowest BCUT2D eigenvalue weighted by Gasteiger charge is -2.18. The van der Waals surface area contributed by atoms with E-state index in [1.165, 1.54) is 0 Å². The summed E-state index contributed by atoms with van der Waals surface area (Å²) >= 11 is 0. The second-order valence-electron chi connectivity index (χ2n) is 4.74. The van der Waals surface area contributed by atoms with Crippen molar-refractivity contribution in [1.29, 1.82) is 0 Å². The van der Waals surface area contributed by atoms with Crippen LogP contribution in [-0.4, -0.2) is 30.3 Å². The van der Waals surface area contributed by atoms with Gasteiger partial charge in [-0.15, -0.1) is 0 Å². The molecule has 3 amide bonds. The Balaban J connectivity index is 2.71. The van der Waals surface area contributed by atoms with Gasteiger partial charge < -0.3 is 16.4 Å². The Morgan fingerprint density at radius 3 is 2.43 bits per heavy atom. The molecule has 1 atom stereocenters. The Hall–Kier alpha value is -2.37. The molecule has 4 N–H and O–H groups in total. The largest absolute Gasteiger partial charge is 0.368 e. The van der Waals surface area contributed by atoms with Gasteiger partial charge in [0, 0.05) is 12.8 Å². The standard InChI is InChI=1S/C15H21N3O3/c1-2-6-14(20)18-12(15(21)17-10-13(16)19)9-11-7-4-3-5-8-11/h3-5,7-8,12H,2,6,9-10H2,1H3,(H2,16,19)(H,17,21)(H,18,20). The van der Waals surface area contributed by atoms with Gasteiger partial charge in [0.15, 0.2) is 0 Å². The van der Waals surface area contributed by atoms with Crippen LogP contribution in [0.4, 0.5) is 0 Å². The Kier molecular flexibility index (Phi) is 6.94. The zero-order chi connectivity index (χ0) is 15.7. The quantitative estimate of drug-likeness (QED) is 0.634. The maximum atomic E-state index is 12.1. The van der Waals surface area contributed by atoms with Crippen LogP contribution in [0.3, 0.4) is 0 Å². The molecule has 1 rings (SSSR count). The summed E-state index contributed by atoms with van der Waals surface area (Å²) in [5.74, 6) is -1.23. The number of amides is 3. The van der Waals surface area contributed by atoms with E-state index in [0.717, 1.165) is 5.56 Å². The van der Waals surface area contributed by atoms with Gasteiger partial charge in [-0.2, -0.15) is 0 Å². The van der Waals surface area contributed by atoms with E-state index in [2.05, 4.69) is 10.6 Å². The predicted octanol–water partition coefficient (Wildman–Crippen LogP) is 0.116. The van der Waals surface area contributed by atoms with Gasteiger partial charge in [-0.25, -0.2) is 0 Å². The fraction of sp³-hybridized carbons (Fsp3) is 0.400. The van der Waals surface area contributed by atoms with Crippen molar-refractivity contribution >= 4 is 17.7 Å². The minimum Gasteiger partial charge on any atom is -0.368 e. The first-order valence-corrected chi connectivity index (χ1v) is 6.92. The summed E-state index contributed by atoms with van der Waals surface area (Å²) in [4.78, 5) is 34.5. The lowest BCUT2D eigenvalue weighted by molar-refractivity contribution is -0.130. The second kappa shape index (κ2) is 8.73. The van der Waals surface area contributed by atoms with E-state index >= 15 is 0 Å². The molecular formula is C15H21N3O3. The molecule has 0 aromatic heterocycles. The van der Waals surface area contributed by atoms with Crippen LogP contribution in [0.1, 0.15) is 25.3 Å². The zero-order valence-electron chi connectivity index (χ0n) is 12.1. The molecule has 0 saturated heterocycles. The normalized spacial score (nSPS) is 11.5. The number of benzene rings is 1. The minimum atomic E-state index is -0.717. The second-order valence-corrected chi connectivity index (χ2v) is 4.74. The molecule has 0 heterocycles. The van der Waals surface area contributed by atoms with Crippen molar-refractivity contribution < 1.29 is 14.4 Å². The number of primary amides is 1. The van der Waals surface area contributed by atoms with Gasteiger partial charge in [0.2, 0.25) is 17.7 Å². The molecule has 21 heavy (non-hydrogen) atoms. The molecule has 0 spiro atoms. The van der Waals surface area contributed by atoms with Crippen LogP contribution in [-0.2, 0) is 20.8 Å². The number of nitrogens with one attached hydrogen (secondary N) is 2. The summed E-state index contributed by atoms with van der Waals surface area (Å²) in [6, 6.07) is 8.64. The average Bonchev–Trinajstić information content (AvgIpc) is 2.45. The fourth-order valence-corrected chi connectivity index (χ4v) is 1.85. The van der Waals surface area contributed by atoms with E-state index in [0.29, 0.717) is 19.3 Å². The van der Waals surface area contributed by atoms with Crippen molar-refractivity contribution in [3.05, 3.63) is 35.9 Å². The first-order valence-electron chi connectivity index (χ1n) is 6.92. The van der Waals surface area contributed by atoms with Gasteiger partial charge >= 0.3 is 0 Å². The number of hydrogen-bond donors (Lipinski definition) is 3. The summed E-state index contributed by atoms with van der Waals surface area (Å²) in [5.41, 5.74) is 5.93. The molecule has 6 heteroatoms.